The molecule has 1 aliphatic rings. The van der Waals surface area contributed by atoms with E-state index in [1.54, 1.807) is 0 Å². The normalized spacial score (nSPS) is 11.9. The van der Waals surface area contributed by atoms with Crippen molar-refractivity contribution < 1.29 is 0 Å². The highest BCUT2D eigenvalue weighted by molar-refractivity contribution is 6.24. The third-order valence-corrected chi connectivity index (χ3v) is 11.8. The van der Waals surface area contributed by atoms with Crippen LogP contribution in [-0.2, 0) is 0 Å². The van der Waals surface area contributed by atoms with Crippen molar-refractivity contribution in [2.24, 2.45) is 0 Å². The van der Waals surface area contributed by atoms with Gasteiger partial charge in [0.1, 0.15) is 0 Å². The van der Waals surface area contributed by atoms with E-state index < -0.39 is 0 Å². The number of hydrogen-bond acceptors (Lipinski definition) is 2. The third kappa shape index (κ3) is 4.57. The van der Waals surface area contributed by atoms with E-state index in [9.17, 15) is 0 Å². The van der Waals surface area contributed by atoms with E-state index in [4.69, 9.17) is 9.97 Å². The predicted octanol–water partition coefficient (Wildman–Crippen LogP) is 14.6. The molecule has 258 valence electrons. The van der Waals surface area contributed by atoms with Crippen LogP contribution < -0.4 is 0 Å². The third-order valence-electron chi connectivity index (χ3n) is 11.8. The van der Waals surface area contributed by atoms with Gasteiger partial charge in [0.2, 0.25) is 0 Å². The fraction of sp³-hybridized carbons (Fsp3) is 0. The lowest BCUT2D eigenvalue weighted by molar-refractivity contribution is 1.19. The lowest BCUT2D eigenvalue weighted by Gasteiger charge is -2.19. The van der Waals surface area contributed by atoms with Crippen LogP contribution in [0.3, 0.4) is 0 Å². The van der Waals surface area contributed by atoms with Gasteiger partial charge in [-0.1, -0.05) is 182 Å². The zero-order valence-electron chi connectivity index (χ0n) is 30.4. The molecule has 56 heavy (non-hydrogen) atoms. The molecule has 0 radical (unpaired) electrons. The van der Waals surface area contributed by atoms with Crippen LogP contribution in [0.1, 0.15) is 0 Å². The van der Waals surface area contributed by atoms with Gasteiger partial charge in [0.25, 0.3) is 0 Å². The Hall–Kier alpha value is -7.42. The summed E-state index contributed by atoms with van der Waals surface area (Å²) in [6, 6.07) is 70.4. The Bertz CT molecular complexity index is 3340. The largest absolute Gasteiger partial charge is 0.227 e. The molecule has 1 heterocycles. The van der Waals surface area contributed by atoms with E-state index in [1.165, 1.54) is 87.2 Å². The summed E-state index contributed by atoms with van der Waals surface area (Å²) in [5.41, 5.74) is 12.5. The van der Waals surface area contributed by atoms with Crippen molar-refractivity contribution in [1.29, 1.82) is 0 Å². The zero-order valence-corrected chi connectivity index (χ0v) is 30.4. The first kappa shape index (κ1) is 31.0. The summed E-state index contributed by atoms with van der Waals surface area (Å²) < 4.78 is 0. The van der Waals surface area contributed by atoms with E-state index in [-0.39, 0.29) is 0 Å². The molecule has 0 saturated heterocycles. The molecular formula is C54H32N2. The molecule has 0 saturated carbocycles. The van der Waals surface area contributed by atoms with E-state index in [1.807, 2.05) is 0 Å². The summed E-state index contributed by atoms with van der Waals surface area (Å²) in [7, 11) is 0. The van der Waals surface area contributed by atoms with Crippen molar-refractivity contribution in [3.05, 3.63) is 194 Å². The van der Waals surface area contributed by atoms with Crippen LogP contribution in [0, 0.1) is 0 Å². The van der Waals surface area contributed by atoms with Gasteiger partial charge in [-0.2, -0.15) is 0 Å². The van der Waals surface area contributed by atoms with Crippen LogP contribution in [-0.4, -0.2) is 9.97 Å². The molecule has 1 aliphatic carbocycles. The van der Waals surface area contributed by atoms with Crippen LogP contribution in [0.25, 0.3) is 121 Å². The zero-order chi connectivity index (χ0) is 36.7. The molecule has 0 fully saturated rings. The van der Waals surface area contributed by atoms with Crippen LogP contribution in [0.4, 0.5) is 0 Å². The Balaban J connectivity index is 1.05. The van der Waals surface area contributed by atoms with Crippen LogP contribution in [0.5, 0.6) is 0 Å². The van der Waals surface area contributed by atoms with Crippen molar-refractivity contribution in [1.82, 2.24) is 9.97 Å². The SMILES string of the molecule is c1ccc(-c2nc(-c3ccc(-c4c5ccccc5c(-c5cccc6cc7ccccc7cc56)c5ccccc45)cc3)nc3c2-c2cccc4cccc-3c24)cc1. The number of nitrogens with zero attached hydrogens (tertiary/aromatic N) is 2. The molecular weight excluding hydrogens is 677 g/mol. The number of rotatable bonds is 4. The first-order valence-electron chi connectivity index (χ1n) is 19.2. The van der Waals surface area contributed by atoms with Crippen LogP contribution >= 0.6 is 0 Å². The molecule has 12 rings (SSSR count). The minimum absolute atomic E-state index is 0.729. The summed E-state index contributed by atoms with van der Waals surface area (Å²) >= 11 is 0. The van der Waals surface area contributed by atoms with Crippen molar-refractivity contribution >= 4 is 53.9 Å². The van der Waals surface area contributed by atoms with Gasteiger partial charge < -0.3 is 0 Å². The molecule has 1 aromatic heterocycles. The van der Waals surface area contributed by atoms with Crippen LogP contribution in [0.2, 0.25) is 0 Å². The molecule has 2 heteroatoms. The minimum Gasteiger partial charge on any atom is -0.227 e. The molecule has 0 atom stereocenters. The number of aromatic nitrogens is 2. The Morgan fingerprint density at radius 1 is 0.268 bits per heavy atom. The second kappa shape index (κ2) is 12.0. The number of benzene rings is 10. The summed E-state index contributed by atoms with van der Waals surface area (Å²) in [5.74, 6) is 0.729. The van der Waals surface area contributed by atoms with E-state index >= 15 is 0 Å². The molecule has 0 bridgehead atoms. The van der Waals surface area contributed by atoms with E-state index in [0.717, 1.165) is 33.9 Å². The average Bonchev–Trinajstić information content (AvgIpc) is 3.59. The van der Waals surface area contributed by atoms with E-state index in [0.29, 0.717) is 0 Å². The fourth-order valence-corrected chi connectivity index (χ4v) is 9.29. The van der Waals surface area contributed by atoms with Crippen molar-refractivity contribution in [3.8, 4) is 67.3 Å². The second-order valence-corrected chi connectivity index (χ2v) is 14.8. The number of hydrogen-bond donors (Lipinski definition) is 0. The summed E-state index contributed by atoms with van der Waals surface area (Å²) in [6.45, 7) is 0. The molecule has 11 aromatic rings. The fourth-order valence-electron chi connectivity index (χ4n) is 9.29. The quantitative estimate of drug-likeness (QED) is 0.170. The standard InChI is InChI=1S/C54H32N2/c1-2-13-35(14-3-1)52-51-45-25-10-17-33-18-11-26-46(49(33)45)53(51)56-54(55-52)36-29-27-34(28-30-36)48-40-20-6-8-22-42(40)50(43-23-9-7-21-41(43)48)44-24-12-19-39-31-37-15-4-5-16-38(37)32-47(39)44/h1-32H. The van der Waals surface area contributed by atoms with Crippen LogP contribution in [0.15, 0.2) is 194 Å². The summed E-state index contributed by atoms with van der Waals surface area (Å²) in [6.07, 6.45) is 0. The highest BCUT2D eigenvalue weighted by Gasteiger charge is 2.28. The maximum Gasteiger partial charge on any atom is 0.160 e. The van der Waals surface area contributed by atoms with Gasteiger partial charge in [-0.3, -0.25) is 0 Å². The second-order valence-electron chi connectivity index (χ2n) is 14.8. The predicted molar refractivity (Wildman–Crippen MR) is 236 cm³/mol. The molecule has 0 N–H and O–H groups in total. The van der Waals surface area contributed by atoms with Gasteiger partial charge in [0, 0.05) is 22.3 Å². The smallest absolute Gasteiger partial charge is 0.160 e. The first-order valence-corrected chi connectivity index (χ1v) is 19.2. The van der Waals surface area contributed by atoms with Crippen molar-refractivity contribution in [2.45, 2.75) is 0 Å². The Kier molecular flexibility index (Phi) is 6.66. The van der Waals surface area contributed by atoms with Gasteiger partial charge in [0.15, 0.2) is 5.82 Å². The van der Waals surface area contributed by atoms with Crippen molar-refractivity contribution in [3.63, 3.8) is 0 Å². The van der Waals surface area contributed by atoms with Gasteiger partial charge in [0.05, 0.1) is 11.4 Å². The molecule has 0 unspecified atom stereocenters. The topological polar surface area (TPSA) is 25.8 Å². The van der Waals surface area contributed by atoms with Crippen molar-refractivity contribution in [2.75, 3.05) is 0 Å². The first-order chi connectivity index (χ1) is 27.8. The molecule has 0 spiro atoms. The lowest BCUT2D eigenvalue weighted by Crippen LogP contribution is -1.97. The number of fused-ring (bicyclic) bond motifs is 7. The summed E-state index contributed by atoms with van der Waals surface area (Å²) in [5, 5.41) is 12.5. The molecule has 0 aliphatic heterocycles. The Labute approximate surface area is 324 Å². The van der Waals surface area contributed by atoms with Gasteiger partial charge in [-0.25, -0.2) is 9.97 Å². The average molecular weight is 709 g/mol. The Morgan fingerprint density at radius 3 is 1.48 bits per heavy atom. The van der Waals surface area contributed by atoms with E-state index in [2.05, 4.69) is 194 Å². The maximum atomic E-state index is 5.34. The lowest BCUT2D eigenvalue weighted by atomic mass is 9.84. The Morgan fingerprint density at radius 2 is 0.786 bits per heavy atom. The summed E-state index contributed by atoms with van der Waals surface area (Å²) in [4.78, 5) is 10.7. The molecule has 0 amide bonds. The molecule has 10 aromatic carbocycles. The monoisotopic (exact) mass is 708 g/mol. The minimum atomic E-state index is 0.729. The van der Waals surface area contributed by atoms with Gasteiger partial charge in [-0.15, -0.1) is 0 Å². The van der Waals surface area contributed by atoms with Gasteiger partial charge in [-0.05, 0) is 93.8 Å². The highest BCUT2D eigenvalue weighted by Crippen LogP contribution is 2.51. The highest BCUT2D eigenvalue weighted by atomic mass is 14.9. The maximum absolute atomic E-state index is 5.34. The molecule has 2 nitrogen and oxygen atoms in total. The van der Waals surface area contributed by atoms with Gasteiger partial charge >= 0.3 is 0 Å².